The highest BCUT2D eigenvalue weighted by Crippen LogP contribution is 2.39. The number of likely N-dealkylation sites (tertiary alicyclic amines) is 1. The molecule has 0 spiro atoms. The molecule has 2 heterocycles. The van der Waals surface area contributed by atoms with Crippen LogP contribution in [0.2, 0.25) is 5.02 Å². The first-order valence-electron chi connectivity index (χ1n) is 10.9. The first-order chi connectivity index (χ1) is 16.4. The van der Waals surface area contributed by atoms with Crippen molar-refractivity contribution in [1.82, 2.24) is 9.80 Å². The number of Topliss-reactive ketones (excluding diaryl/α,β-unsaturated/α-hetero) is 1. The molecule has 2 aliphatic rings. The van der Waals surface area contributed by atoms with Gasteiger partial charge in [0.15, 0.2) is 0 Å². The summed E-state index contributed by atoms with van der Waals surface area (Å²) in [6.07, 6.45) is 0. The van der Waals surface area contributed by atoms with Crippen LogP contribution < -0.4 is 0 Å². The van der Waals surface area contributed by atoms with Gasteiger partial charge in [-0.05, 0) is 42.0 Å². The van der Waals surface area contributed by atoms with Crippen LogP contribution in [0.15, 0.2) is 54.1 Å². The number of aliphatic hydroxyl groups excluding tert-OH is 1. The summed E-state index contributed by atoms with van der Waals surface area (Å²) in [5.41, 5.74) is 1.32. The van der Waals surface area contributed by atoms with Crippen LogP contribution in [-0.2, 0) is 19.1 Å². The second-order valence-corrected chi connectivity index (χ2v) is 8.50. The van der Waals surface area contributed by atoms with E-state index in [-0.39, 0.29) is 11.3 Å². The Hall–Kier alpha value is -3.20. The summed E-state index contributed by atoms with van der Waals surface area (Å²) >= 11 is 5.96. The molecule has 1 amide bonds. The first-order valence-corrected chi connectivity index (χ1v) is 11.3. The third-order valence-corrected chi connectivity index (χ3v) is 6.32. The lowest BCUT2D eigenvalue weighted by Gasteiger charge is -2.31. The van der Waals surface area contributed by atoms with Crippen molar-refractivity contribution in [2.24, 2.45) is 0 Å². The number of carbonyl (C=O) groups excluding carboxylic acids is 3. The van der Waals surface area contributed by atoms with Crippen LogP contribution in [0.4, 0.5) is 0 Å². The Labute approximate surface area is 202 Å². The average Bonchev–Trinajstić information content (AvgIpc) is 3.12. The molecule has 2 fully saturated rings. The fourth-order valence-electron chi connectivity index (χ4n) is 4.21. The minimum Gasteiger partial charge on any atom is -0.507 e. The van der Waals surface area contributed by atoms with E-state index in [0.29, 0.717) is 48.0 Å². The summed E-state index contributed by atoms with van der Waals surface area (Å²) in [6, 6.07) is 12.1. The number of halogens is 1. The maximum absolute atomic E-state index is 13.1. The monoisotopic (exact) mass is 484 g/mol. The van der Waals surface area contributed by atoms with Gasteiger partial charge in [-0.2, -0.15) is 0 Å². The molecule has 8 nitrogen and oxygen atoms in total. The van der Waals surface area contributed by atoms with Gasteiger partial charge in [-0.15, -0.1) is 0 Å². The zero-order valence-corrected chi connectivity index (χ0v) is 19.5. The Morgan fingerprint density at radius 2 is 1.65 bits per heavy atom. The van der Waals surface area contributed by atoms with Crippen molar-refractivity contribution >= 4 is 35.0 Å². The van der Waals surface area contributed by atoms with Crippen molar-refractivity contribution < 1.29 is 29.0 Å². The maximum Gasteiger partial charge on any atom is 0.337 e. The van der Waals surface area contributed by atoms with E-state index in [2.05, 4.69) is 4.90 Å². The van der Waals surface area contributed by atoms with Crippen molar-refractivity contribution in [2.45, 2.75) is 6.04 Å². The zero-order valence-electron chi connectivity index (χ0n) is 18.7. The minimum absolute atomic E-state index is 0.000109. The second kappa shape index (κ2) is 10.4. The highest BCUT2D eigenvalue weighted by Gasteiger charge is 2.46. The number of ketones is 1. The quantitative estimate of drug-likeness (QED) is 0.291. The summed E-state index contributed by atoms with van der Waals surface area (Å²) in [4.78, 5) is 41.7. The predicted molar refractivity (Wildman–Crippen MR) is 126 cm³/mol. The van der Waals surface area contributed by atoms with E-state index >= 15 is 0 Å². The molecule has 0 saturated carbocycles. The van der Waals surface area contributed by atoms with Crippen LogP contribution >= 0.6 is 11.6 Å². The van der Waals surface area contributed by atoms with Gasteiger partial charge in [-0.1, -0.05) is 23.7 Å². The van der Waals surface area contributed by atoms with Gasteiger partial charge in [0, 0.05) is 36.8 Å². The first kappa shape index (κ1) is 23.9. The standard InChI is InChI=1S/C25H25ClN2O6/c1-33-25(32)18-4-2-16(3-5-18)21-20(22(29)17-6-8-19(26)9-7-17)23(30)24(31)28(21)11-10-27-12-14-34-15-13-27/h2-9,21,29H,10-15H2,1H3/t21-/m1/s1. The average molecular weight is 485 g/mol. The van der Waals surface area contributed by atoms with Crippen LogP contribution in [0.3, 0.4) is 0 Å². The van der Waals surface area contributed by atoms with Gasteiger partial charge >= 0.3 is 5.97 Å². The van der Waals surface area contributed by atoms with E-state index in [1.54, 1.807) is 48.5 Å². The smallest absolute Gasteiger partial charge is 0.337 e. The Bertz CT molecular complexity index is 1110. The Balaban J connectivity index is 1.73. The zero-order chi connectivity index (χ0) is 24.2. The molecular formula is C25H25ClN2O6. The number of esters is 1. The second-order valence-electron chi connectivity index (χ2n) is 8.07. The molecule has 2 saturated heterocycles. The van der Waals surface area contributed by atoms with Crippen LogP contribution in [0, 0.1) is 0 Å². The molecule has 1 N–H and O–H groups in total. The van der Waals surface area contributed by atoms with Crippen molar-refractivity contribution in [3.8, 4) is 0 Å². The molecule has 0 radical (unpaired) electrons. The summed E-state index contributed by atoms with van der Waals surface area (Å²) in [6.45, 7) is 3.58. The normalized spacial score (nSPS) is 20.5. The highest BCUT2D eigenvalue weighted by molar-refractivity contribution is 6.46. The Morgan fingerprint density at radius 1 is 1.03 bits per heavy atom. The van der Waals surface area contributed by atoms with Crippen LogP contribution in [0.25, 0.3) is 5.76 Å². The Morgan fingerprint density at radius 3 is 2.26 bits per heavy atom. The van der Waals surface area contributed by atoms with E-state index < -0.39 is 23.7 Å². The van der Waals surface area contributed by atoms with Crippen molar-refractivity contribution in [3.63, 3.8) is 0 Å². The van der Waals surface area contributed by atoms with E-state index in [0.717, 1.165) is 13.1 Å². The molecule has 0 aliphatic carbocycles. The van der Waals surface area contributed by atoms with Crippen molar-refractivity contribution in [2.75, 3.05) is 46.5 Å². The van der Waals surface area contributed by atoms with Gasteiger partial charge in [0.2, 0.25) is 0 Å². The van der Waals surface area contributed by atoms with Crippen molar-refractivity contribution in [1.29, 1.82) is 0 Å². The van der Waals surface area contributed by atoms with Gasteiger partial charge in [0.25, 0.3) is 11.7 Å². The molecule has 0 unspecified atom stereocenters. The number of hydrogen-bond donors (Lipinski definition) is 1. The molecule has 0 bridgehead atoms. The number of rotatable bonds is 6. The number of amides is 1. The number of morpholine rings is 1. The summed E-state index contributed by atoms with van der Waals surface area (Å²) < 4.78 is 10.1. The van der Waals surface area contributed by atoms with Gasteiger partial charge < -0.3 is 19.5 Å². The minimum atomic E-state index is -0.802. The lowest BCUT2D eigenvalue weighted by atomic mass is 9.94. The van der Waals surface area contributed by atoms with Gasteiger partial charge in [-0.25, -0.2) is 4.79 Å². The number of methoxy groups -OCH3 is 1. The van der Waals surface area contributed by atoms with Gasteiger partial charge in [-0.3, -0.25) is 14.5 Å². The molecule has 2 aliphatic heterocycles. The fourth-order valence-corrected chi connectivity index (χ4v) is 4.34. The number of aliphatic hydroxyl groups is 1. The number of carbonyl (C=O) groups is 3. The van der Waals surface area contributed by atoms with Crippen molar-refractivity contribution in [3.05, 3.63) is 75.8 Å². The molecule has 9 heteroatoms. The topological polar surface area (TPSA) is 96.4 Å². The Kier molecular flexibility index (Phi) is 7.31. The largest absolute Gasteiger partial charge is 0.507 e. The molecule has 178 valence electrons. The summed E-state index contributed by atoms with van der Waals surface area (Å²) in [5, 5.41) is 11.6. The summed E-state index contributed by atoms with van der Waals surface area (Å²) in [5.74, 6) is -2.19. The molecule has 1 atom stereocenters. The van der Waals surface area contributed by atoms with Gasteiger partial charge in [0.1, 0.15) is 5.76 Å². The number of ether oxygens (including phenoxy) is 2. The van der Waals surface area contributed by atoms with E-state index in [9.17, 15) is 19.5 Å². The third-order valence-electron chi connectivity index (χ3n) is 6.07. The summed E-state index contributed by atoms with van der Waals surface area (Å²) in [7, 11) is 1.29. The predicted octanol–water partition coefficient (Wildman–Crippen LogP) is 2.88. The maximum atomic E-state index is 13.1. The van der Waals surface area contributed by atoms with Gasteiger partial charge in [0.05, 0.1) is 37.5 Å². The van der Waals surface area contributed by atoms with Crippen LogP contribution in [-0.4, -0.2) is 79.1 Å². The van der Waals surface area contributed by atoms with Crippen LogP contribution in [0.1, 0.15) is 27.5 Å². The SMILES string of the molecule is COC(=O)c1ccc([C@@H]2C(=C(O)c3ccc(Cl)cc3)C(=O)C(=O)N2CCN2CCOCC2)cc1. The number of hydrogen-bond acceptors (Lipinski definition) is 7. The lowest BCUT2D eigenvalue weighted by Crippen LogP contribution is -2.42. The molecule has 0 aromatic heterocycles. The fraction of sp³-hybridized carbons (Fsp3) is 0.320. The van der Waals surface area contributed by atoms with E-state index in [1.165, 1.54) is 12.0 Å². The lowest BCUT2D eigenvalue weighted by molar-refractivity contribution is -0.140. The number of nitrogens with zero attached hydrogens (tertiary/aromatic N) is 2. The molecule has 2 aromatic rings. The highest BCUT2D eigenvalue weighted by atomic mass is 35.5. The molecule has 34 heavy (non-hydrogen) atoms. The molecule has 4 rings (SSSR count). The molecular weight excluding hydrogens is 460 g/mol. The van der Waals surface area contributed by atoms with E-state index in [4.69, 9.17) is 21.1 Å². The van der Waals surface area contributed by atoms with E-state index in [1.807, 2.05) is 0 Å². The molecule has 2 aromatic carbocycles. The third kappa shape index (κ3) is 4.84. The number of benzene rings is 2. The van der Waals surface area contributed by atoms with Crippen LogP contribution in [0.5, 0.6) is 0 Å².